The van der Waals surface area contributed by atoms with Crippen LogP contribution in [0.2, 0.25) is 0 Å². The highest BCUT2D eigenvalue weighted by molar-refractivity contribution is 7.17. The Morgan fingerprint density at radius 1 is 1.07 bits per heavy atom. The van der Waals surface area contributed by atoms with E-state index in [-0.39, 0.29) is 5.91 Å². The van der Waals surface area contributed by atoms with Gasteiger partial charge in [0.2, 0.25) is 0 Å². The van der Waals surface area contributed by atoms with Crippen molar-refractivity contribution in [3.8, 4) is 10.6 Å². The second kappa shape index (κ2) is 10.6. The number of aromatic nitrogens is 1. The fourth-order valence-corrected chi connectivity index (χ4v) is 3.95. The number of amides is 1. The molecular weight excluding hydrogens is 354 g/mol. The molecule has 0 aliphatic heterocycles. The molecular formula is C22H33N3OS. The van der Waals surface area contributed by atoms with Gasteiger partial charge >= 0.3 is 0 Å². The Bertz CT molecular complexity index is 724. The predicted octanol–water partition coefficient (Wildman–Crippen LogP) is 4.87. The Morgan fingerprint density at radius 2 is 1.78 bits per heavy atom. The van der Waals surface area contributed by atoms with Crippen molar-refractivity contribution in [2.75, 3.05) is 33.2 Å². The molecule has 0 saturated heterocycles. The van der Waals surface area contributed by atoms with Crippen LogP contribution < -0.4 is 0 Å². The number of benzene rings is 1. The maximum atomic E-state index is 13.0. The molecule has 27 heavy (non-hydrogen) atoms. The molecule has 4 nitrogen and oxygen atoms in total. The zero-order valence-electron chi connectivity index (χ0n) is 17.4. The largest absolute Gasteiger partial charge is 0.337 e. The summed E-state index contributed by atoms with van der Waals surface area (Å²) in [6, 6.07) is 8.63. The molecule has 2 rings (SSSR count). The number of carbonyl (C=O) groups excluding carboxylic acids is 1. The van der Waals surface area contributed by atoms with Crippen LogP contribution in [0.15, 0.2) is 24.3 Å². The minimum absolute atomic E-state index is 0.0998. The van der Waals surface area contributed by atoms with Crippen LogP contribution in [0.1, 0.15) is 54.5 Å². The molecule has 0 saturated carbocycles. The second-order valence-corrected chi connectivity index (χ2v) is 8.01. The lowest BCUT2D eigenvalue weighted by Crippen LogP contribution is -2.37. The van der Waals surface area contributed by atoms with E-state index < -0.39 is 0 Å². The fourth-order valence-electron chi connectivity index (χ4n) is 2.91. The lowest BCUT2D eigenvalue weighted by Gasteiger charge is -2.23. The average Bonchev–Trinajstić information content (AvgIpc) is 3.08. The van der Waals surface area contributed by atoms with Gasteiger partial charge in [-0.15, -0.1) is 11.3 Å². The summed E-state index contributed by atoms with van der Waals surface area (Å²) in [4.78, 5) is 22.6. The first-order valence-electron chi connectivity index (χ1n) is 10.0. The third-order valence-corrected chi connectivity index (χ3v) is 6.17. The lowest BCUT2D eigenvalue weighted by molar-refractivity contribution is 0.0755. The molecule has 2 aromatic rings. The van der Waals surface area contributed by atoms with Gasteiger partial charge in [0.05, 0.1) is 5.69 Å². The molecule has 0 N–H and O–H groups in total. The van der Waals surface area contributed by atoms with Crippen LogP contribution in [0, 0.1) is 6.92 Å². The van der Waals surface area contributed by atoms with Crippen molar-refractivity contribution >= 4 is 17.2 Å². The summed E-state index contributed by atoms with van der Waals surface area (Å²) < 4.78 is 0. The Hall–Kier alpha value is -1.72. The molecule has 5 heteroatoms. The number of rotatable bonds is 10. The van der Waals surface area contributed by atoms with Crippen molar-refractivity contribution in [3.05, 3.63) is 40.4 Å². The third kappa shape index (κ3) is 5.88. The molecule has 1 heterocycles. The third-order valence-electron chi connectivity index (χ3n) is 4.97. The monoisotopic (exact) mass is 387 g/mol. The molecule has 0 aliphatic carbocycles. The zero-order valence-corrected chi connectivity index (χ0v) is 18.2. The molecule has 0 atom stereocenters. The number of aryl methyl sites for hydroxylation is 2. The second-order valence-electron chi connectivity index (χ2n) is 7.01. The van der Waals surface area contributed by atoms with E-state index in [1.54, 1.807) is 0 Å². The van der Waals surface area contributed by atoms with Crippen molar-refractivity contribution in [2.24, 2.45) is 0 Å². The van der Waals surface area contributed by atoms with Crippen molar-refractivity contribution in [1.29, 1.82) is 0 Å². The number of hydrogen-bond donors (Lipinski definition) is 0. The number of likely N-dealkylation sites (N-methyl/N-ethyl adjacent to an activating group) is 2. The van der Waals surface area contributed by atoms with Gasteiger partial charge in [0.15, 0.2) is 0 Å². The van der Waals surface area contributed by atoms with Gasteiger partial charge in [-0.1, -0.05) is 44.5 Å². The van der Waals surface area contributed by atoms with E-state index in [1.165, 1.54) is 29.7 Å². The molecule has 0 aliphatic rings. The summed E-state index contributed by atoms with van der Waals surface area (Å²) in [5.41, 5.74) is 3.29. The van der Waals surface area contributed by atoms with E-state index in [0.29, 0.717) is 0 Å². The first kappa shape index (κ1) is 21.6. The molecule has 0 spiro atoms. The number of carbonyl (C=O) groups is 1. The van der Waals surface area contributed by atoms with Gasteiger partial charge < -0.3 is 9.80 Å². The van der Waals surface area contributed by atoms with E-state index in [2.05, 4.69) is 55.0 Å². The molecule has 0 bridgehead atoms. The number of thiazole rings is 1. The quantitative estimate of drug-likeness (QED) is 0.583. The van der Waals surface area contributed by atoms with E-state index in [9.17, 15) is 4.79 Å². The minimum atomic E-state index is 0.0998. The van der Waals surface area contributed by atoms with Crippen molar-refractivity contribution < 1.29 is 4.79 Å². The summed E-state index contributed by atoms with van der Waals surface area (Å²) in [5, 5.41) is 0.930. The highest BCUT2D eigenvalue weighted by atomic mass is 32.1. The smallest absolute Gasteiger partial charge is 0.265 e. The molecule has 1 aromatic carbocycles. The SMILES string of the molecule is CCCCc1ccc(-c2nc(C)c(C(=O)N(CC)CCN(C)CC)s2)cc1. The van der Waals surface area contributed by atoms with E-state index >= 15 is 0 Å². The topological polar surface area (TPSA) is 36.4 Å². The van der Waals surface area contributed by atoms with Gasteiger partial charge in [0.1, 0.15) is 9.88 Å². The molecule has 0 radical (unpaired) electrons. The Kier molecular flexibility index (Phi) is 8.45. The zero-order chi connectivity index (χ0) is 19.8. The highest BCUT2D eigenvalue weighted by Gasteiger charge is 2.21. The normalized spacial score (nSPS) is 11.2. The summed E-state index contributed by atoms with van der Waals surface area (Å²) in [6.07, 6.45) is 3.55. The summed E-state index contributed by atoms with van der Waals surface area (Å²) in [6.45, 7) is 11.7. The number of hydrogen-bond acceptors (Lipinski definition) is 4. The van der Waals surface area contributed by atoms with Crippen LogP contribution in [-0.4, -0.2) is 53.9 Å². The van der Waals surface area contributed by atoms with Crippen LogP contribution in [0.4, 0.5) is 0 Å². The molecule has 1 amide bonds. The number of nitrogens with zero attached hydrogens (tertiary/aromatic N) is 3. The van der Waals surface area contributed by atoms with Gasteiger partial charge in [-0.25, -0.2) is 4.98 Å². The van der Waals surface area contributed by atoms with E-state index in [4.69, 9.17) is 0 Å². The van der Waals surface area contributed by atoms with E-state index in [0.717, 1.165) is 53.7 Å². The standard InChI is InChI=1S/C22H33N3OS/c1-6-9-10-18-11-13-19(14-12-18)21-23-17(4)20(27-21)22(26)25(8-3)16-15-24(5)7-2/h11-14H,6-10,15-16H2,1-5H3. The first-order chi connectivity index (χ1) is 13.0. The van der Waals surface area contributed by atoms with Gasteiger partial charge in [0, 0.05) is 25.2 Å². The van der Waals surface area contributed by atoms with Crippen LogP contribution in [0.5, 0.6) is 0 Å². The fraction of sp³-hybridized carbons (Fsp3) is 0.545. The molecule has 0 unspecified atom stereocenters. The average molecular weight is 388 g/mol. The van der Waals surface area contributed by atoms with Crippen LogP contribution in [0.25, 0.3) is 10.6 Å². The predicted molar refractivity (Wildman–Crippen MR) is 116 cm³/mol. The van der Waals surface area contributed by atoms with Gasteiger partial charge in [0.25, 0.3) is 5.91 Å². The van der Waals surface area contributed by atoms with Crippen LogP contribution in [0.3, 0.4) is 0 Å². The highest BCUT2D eigenvalue weighted by Crippen LogP contribution is 2.29. The van der Waals surface area contributed by atoms with Crippen LogP contribution in [-0.2, 0) is 6.42 Å². The minimum Gasteiger partial charge on any atom is -0.337 e. The first-order valence-corrected chi connectivity index (χ1v) is 10.9. The van der Waals surface area contributed by atoms with Crippen LogP contribution >= 0.6 is 11.3 Å². The maximum Gasteiger partial charge on any atom is 0.265 e. The lowest BCUT2D eigenvalue weighted by atomic mass is 10.1. The van der Waals surface area contributed by atoms with Crippen molar-refractivity contribution in [3.63, 3.8) is 0 Å². The van der Waals surface area contributed by atoms with Crippen molar-refractivity contribution in [2.45, 2.75) is 47.0 Å². The van der Waals surface area contributed by atoms with Gasteiger partial charge in [-0.3, -0.25) is 4.79 Å². The Balaban J connectivity index is 2.13. The van der Waals surface area contributed by atoms with Gasteiger partial charge in [-0.2, -0.15) is 0 Å². The summed E-state index contributed by atoms with van der Waals surface area (Å²) in [7, 11) is 2.08. The van der Waals surface area contributed by atoms with Crippen molar-refractivity contribution in [1.82, 2.24) is 14.8 Å². The number of unbranched alkanes of at least 4 members (excludes halogenated alkanes) is 1. The summed E-state index contributed by atoms with van der Waals surface area (Å²) >= 11 is 1.51. The summed E-state index contributed by atoms with van der Waals surface area (Å²) in [5.74, 6) is 0.0998. The Morgan fingerprint density at radius 3 is 2.37 bits per heavy atom. The maximum absolute atomic E-state index is 13.0. The molecule has 1 aromatic heterocycles. The molecule has 148 valence electrons. The Labute approximate surface area is 168 Å². The van der Waals surface area contributed by atoms with Gasteiger partial charge in [-0.05, 0) is 45.8 Å². The van der Waals surface area contributed by atoms with E-state index in [1.807, 2.05) is 18.7 Å². The molecule has 0 fully saturated rings.